The highest BCUT2D eigenvalue weighted by Crippen LogP contribution is 2.18. The van der Waals surface area contributed by atoms with Crippen molar-refractivity contribution in [1.82, 2.24) is 5.32 Å². The molecule has 21 heavy (non-hydrogen) atoms. The van der Waals surface area contributed by atoms with Crippen molar-refractivity contribution in [2.24, 2.45) is 5.92 Å². The average Bonchev–Trinajstić information content (AvgIpc) is 2.51. The fraction of sp³-hybridized carbons (Fsp3) is 0.526. The second kappa shape index (κ2) is 10.2. The van der Waals surface area contributed by atoms with Gasteiger partial charge in [0, 0.05) is 5.92 Å². The molecule has 0 aliphatic rings. The van der Waals surface area contributed by atoms with Crippen LogP contribution in [0.3, 0.4) is 0 Å². The molecule has 1 aromatic carbocycles. The summed E-state index contributed by atoms with van der Waals surface area (Å²) < 4.78 is 0. The zero-order valence-electron chi connectivity index (χ0n) is 13.5. The normalized spacial score (nSPS) is 13.4. The van der Waals surface area contributed by atoms with Gasteiger partial charge in [-0.25, -0.2) is 0 Å². The summed E-state index contributed by atoms with van der Waals surface area (Å²) in [5.74, 6) is 0.216. The number of carbonyl (C=O) groups is 1. The number of unbranched alkanes of at least 4 members (excludes halogenated alkanes) is 3. The molecule has 1 aromatic rings. The first-order chi connectivity index (χ1) is 10.2. The summed E-state index contributed by atoms with van der Waals surface area (Å²) in [6.07, 6.45) is 8.40. The van der Waals surface area contributed by atoms with Crippen molar-refractivity contribution in [2.75, 3.05) is 0 Å². The van der Waals surface area contributed by atoms with Crippen molar-refractivity contribution in [3.63, 3.8) is 0 Å². The second-order valence-corrected chi connectivity index (χ2v) is 5.71. The molecule has 0 aromatic heterocycles. The van der Waals surface area contributed by atoms with E-state index in [0.717, 1.165) is 24.8 Å². The third kappa shape index (κ3) is 6.61. The van der Waals surface area contributed by atoms with Crippen molar-refractivity contribution in [1.29, 1.82) is 0 Å². The van der Waals surface area contributed by atoms with Gasteiger partial charge in [0.2, 0.25) is 5.91 Å². The highest BCUT2D eigenvalue weighted by atomic mass is 16.1. The first-order valence-corrected chi connectivity index (χ1v) is 8.15. The average molecular weight is 287 g/mol. The van der Waals surface area contributed by atoms with Crippen molar-refractivity contribution in [2.45, 2.75) is 58.4 Å². The van der Waals surface area contributed by atoms with E-state index in [0.29, 0.717) is 0 Å². The van der Waals surface area contributed by atoms with Gasteiger partial charge in [-0.15, -0.1) is 6.58 Å². The van der Waals surface area contributed by atoms with Gasteiger partial charge in [-0.05, 0) is 25.3 Å². The lowest BCUT2D eigenvalue weighted by atomic mass is 9.96. The van der Waals surface area contributed by atoms with Gasteiger partial charge in [0.25, 0.3) is 0 Å². The van der Waals surface area contributed by atoms with E-state index in [1.54, 1.807) is 0 Å². The molecule has 0 radical (unpaired) electrons. The Labute approximate surface area is 129 Å². The van der Waals surface area contributed by atoms with Crippen LogP contribution >= 0.6 is 0 Å². The van der Waals surface area contributed by atoms with Gasteiger partial charge in [0.05, 0.1) is 6.04 Å². The van der Waals surface area contributed by atoms with Gasteiger partial charge >= 0.3 is 0 Å². The Balaban J connectivity index is 2.49. The van der Waals surface area contributed by atoms with Crippen molar-refractivity contribution >= 4 is 5.91 Å². The fourth-order valence-electron chi connectivity index (χ4n) is 2.53. The number of allylic oxidation sites excluding steroid dienone is 1. The van der Waals surface area contributed by atoms with Gasteiger partial charge < -0.3 is 5.32 Å². The van der Waals surface area contributed by atoms with Crippen LogP contribution < -0.4 is 5.32 Å². The van der Waals surface area contributed by atoms with E-state index in [1.807, 2.05) is 31.2 Å². The van der Waals surface area contributed by atoms with Crippen LogP contribution in [0.1, 0.15) is 64.0 Å². The summed E-state index contributed by atoms with van der Waals surface area (Å²) in [6, 6.07) is 10.2. The smallest absolute Gasteiger partial charge is 0.223 e. The van der Waals surface area contributed by atoms with Gasteiger partial charge in [-0.1, -0.05) is 69.0 Å². The number of hydrogen-bond donors (Lipinski definition) is 1. The zero-order valence-corrected chi connectivity index (χ0v) is 13.5. The van der Waals surface area contributed by atoms with Crippen molar-refractivity contribution in [3.05, 3.63) is 48.6 Å². The van der Waals surface area contributed by atoms with E-state index in [9.17, 15) is 4.79 Å². The monoisotopic (exact) mass is 287 g/mol. The number of carbonyl (C=O) groups excluding carboxylic acids is 1. The molecule has 0 aliphatic carbocycles. The van der Waals surface area contributed by atoms with Crippen LogP contribution in [0.15, 0.2) is 43.0 Å². The quantitative estimate of drug-likeness (QED) is 0.475. The fourth-order valence-corrected chi connectivity index (χ4v) is 2.53. The first kappa shape index (κ1) is 17.5. The molecule has 1 rings (SSSR count). The maximum Gasteiger partial charge on any atom is 0.223 e. The Morgan fingerprint density at radius 2 is 1.95 bits per heavy atom. The summed E-state index contributed by atoms with van der Waals surface area (Å²) in [6.45, 7) is 8.03. The number of hydrogen-bond acceptors (Lipinski definition) is 1. The summed E-state index contributed by atoms with van der Waals surface area (Å²) in [5, 5.41) is 3.14. The molecule has 0 heterocycles. The summed E-state index contributed by atoms with van der Waals surface area (Å²) in [5.41, 5.74) is 1.15. The van der Waals surface area contributed by atoms with Gasteiger partial charge in [-0.3, -0.25) is 4.79 Å². The van der Waals surface area contributed by atoms with E-state index >= 15 is 0 Å². The van der Waals surface area contributed by atoms with Crippen LogP contribution in [0.2, 0.25) is 0 Å². The molecule has 0 spiro atoms. The van der Waals surface area contributed by atoms with Crippen molar-refractivity contribution < 1.29 is 4.79 Å². The highest BCUT2D eigenvalue weighted by Gasteiger charge is 2.18. The maximum atomic E-state index is 12.4. The van der Waals surface area contributed by atoms with E-state index in [4.69, 9.17) is 0 Å². The lowest BCUT2D eigenvalue weighted by Gasteiger charge is -2.19. The molecular formula is C19H29NO. The summed E-state index contributed by atoms with van der Waals surface area (Å²) in [7, 11) is 0. The third-order valence-corrected chi connectivity index (χ3v) is 3.89. The second-order valence-electron chi connectivity index (χ2n) is 5.71. The molecule has 116 valence electrons. The van der Waals surface area contributed by atoms with E-state index in [-0.39, 0.29) is 17.9 Å². The largest absolute Gasteiger partial charge is 0.349 e. The Kier molecular flexibility index (Phi) is 8.49. The van der Waals surface area contributed by atoms with Crippen LogP contribution in [0.4, 0.5) is 0 Å². The minimum atomic E-state index is 0.0571. The number of rotatable bonds is 10. The Hall–Kier alpha value is -1.57. The predicted octanol–water partition coefficient (Wildman–Crippen LogP) is 5.03. The SMILES string of the molecule is C=CCC(CCCCCC)C(=O)N[C@H](C)c1ccccc1. The minimum Gasteiger partial charge on any atom is -0.349 e. The van der Waals surface area contributed by atoms with Crippen molar-refractivity contribution in [3.8, 4) is 0 Å². The molecular weight excluding hydrogens is 258 g/mol. The molecule has 0 saturated carbocycles. The summed E-state index contributed by atoms with van der Waals surface area (Å²) in [4.78, 5) is 12.4. The minimum absolute atomic E-state index is 0.0571. The molecule has 1 amide bonds. The Bertz CT molecular complexity index is 413. The van der Waals surface area contributed by atoms with E-state index in [2.05, 4.69) is 31.0 Å². The van der Waals surface area contributed by atoms with Gasteiger partial charge in [-0.2, -0.15) is 0 Å². The zero-order chi connectivity index (χ0) is 15.5. The number of nitrogens with one attached hydrogen (secondary N) is 1. The standard InChI is InChI=1S/C19H29NO/c1-4-6-7-9-15-18(12-5-2)19(21)20-16(3)17-13-10-8-11-14-17/h5,8,10-11,13-14,16,18H,2,4,6-7,9,12,15H2,1,3H3,(H,20,21)/t16-,18?/m1/s1. The molecule has 0 fully saturated rings. The summed E-state index contributed by atoms with van der Waals surface area (Å²) >= 11 is 0. The van der Waals surface area contributed by atoms with Crippen LogP contribution in [0.5, 0.6) is 0 Å². The van der Waals surface area contributed by atoms with Gasteiger partial charge in [0.1, 0.15) is 0 Å². The molecule has 2 nitrogen and oxygen atoms in total. The Morgan fingerprint density at radius 3 is 2.57 bits per heavy atom. The molecule has 0 saturated heterocycles. The molecule has 2 atom stereocenters. The van der Waals surface area contributed by atoms with Crippen LogP contribution in [0.25, 0.3) is 0 Å². The number of benzene rings is 1. The third-order valence-electron chi connectivity index (χ3n) is 3.89. The maximum absolute atomic E-state index is 12.4. The lowest BCUT2D eigenvalue weighted by Crippen LogP contribution is -2.32. The van der Waals surface area contributed by atoms with E-state index in [1.165, 1.54) is 19.3 Å². The molecule has 1 N–H and O–H groups in total. The lowest BCUT2D eigenvalue weighted by molar-refractivity contribution is -0.125. The molecule has 0 bridgehead atoms. The Morgan fingerprint density at radius 1 is 1.24 bits per heavy atom. The van der Waals surface area contributed by atoms with Crippen LogP contribution in [0, 0.1) is 5.92 Å². The first-order valence-electron chi connectivity index (χ1n) is 8.15. The highest BCUT2D eigenvalue weighted by molar-refractivity contribution is 5.79. The van der Waals surface area contributed by atoms with E-state index < -0.39 is 0 Å². The van der Waals surface area contributed by atoms with Gasteiger partial charge in [0.15, 0.2) is 0 Å². The topological polar surface area (TPSA) is 29.1 Å². The molecule has 2 heteroatoms. The molecule has 0 aliphatic heterocycles. The number of amides is 1. The van der Waals surface area contributed by atoms with Crippen LogP contribution in [-0.4, -0.2) is 5.91 Å². The van der Waals surface area contributed by atoms with Crippen LogP contribution in [-0.2, 0) is 4.79 Å². The predicted molar refractivity (Wildman–Crippen MR) is 90.1 cm³/mol. The molecule has 1 unspecified atom stereocenters.